The van der Waals surface area contributed by atoms with E-state index in [4.69, 9.17) is 4.74 Å². The normalized spacial score (nSPS) is 11.2. The first-order chi connectivity index (χ1) is 11.3. The third kappa shape index (κ3) is 4.09. The van der Waals surface area contributed by atoms with E-state index in [0.717, 1.165) is 22.2 Å². The van der Waals surface area contributed by atoms with Crippen LogP contribution in [0.3, 0.4) is 0 Å². The minimum atomic E-state index is 0.826. The van der Waals surface area contributed by atoms with E-state index in [9.17, 15) is 0 Å². The lowest BCUT2D eigenvalue weighted by Gasteiger charge is -2.02. The number of thiophene rings is 2. The lowest BCUT2D eigenvalue weighted by Crippen LogP contribution is -1.92. The van der Waals surface area contributed by atoms with Crippen molar-refractivity contribution in [2.24, 2.45) is 0 Å². The van der Waals surface area contributed by atoms with Crippen LogP contribution in [0.2, 0.25) is 0 Å². The number of fused-ring (bicyclic) bond motifs is 1. The molecular weight excluding hydrogens is 324 g/mol. The average molecular weight is 347 g/mol. The van der Waals surface area contributed by atoms with Crippen LogP contribution in [0, 0.1) is 0 Å². The highest BCUT2D eigenvalue weighted by Crippen LogP contribution is 2.40. The Kier molecular flexibility index (Phi) is 5.62. The van der Waals surface area contributed by atoms with E-state index in [2.05, 4.69) is 29.0 Å². The minimum absolute atomic E-state index is 0.826. The van der Waals surface area contributed by atoms with Gasteiger partial charge in [-0.05, 0) is 24.5 Å². The molecule has 3 nitrogen and oxygen atoms in total. The Morgan fingerprint density at radius 3 is 2.39 bits per heavy atom. The SMILES string of the molecule is CCCCCCCc1cnc(-c2cc3sc(OC)cc3s2)nc1. The zero-order valence-corrected chi connectivity index (χ0v) is 15.3. The number of methoxy groups -OCH3 is 1. The molecule has 5 heteroatoms. The van der Waals surface area contributed by atoms with E-state index < -0.39 is 0 Å². The summed E-state index contributed by atoms with van der Waals surface area (Å²) in [6, 6.07) is 4.24. The highest BCUT2D eigenvalue weighted by molar-refractivity contribution is 7.30. The number of aryl methyl sites for hydroxylation is 1. The van der Waals surface area contributed by atoms with Crippen molar-refractivity contribution < 1.29 is 4.74 Å². The molecule has 3 heterocycles. The summed E-state index contributed by atoms with van der Waals surface area (Å²) in [5, 5.41) is 0.956. The van der Waals surface area contributed by atoms with Crippen LogP contribution >= 0.6 is 22.7 Å². The molecule has 0 aromatic carbocycles. The molecule has 0 saturated carbocycles. The quantitative estimate of drug-likeness (QED) is 0.473. The second kappa shape index (κ2) is 7.88. The molecule has 122 valence electrons. The maximum absolute atomic E-state index is 5.27. The molecule has 3 aromatic heterocycles. The summed E-state index contributed by atoms with van der Waals surface area (Å²) in [5.74, 6) is 0.826. The van der Waals surface area contributed by atoms with Gasteiger partial charge in [0.15, 0.2) is 10.9 Å². The molecule has 0 atom stereocenters. The monoisotopic (exact) mass is 346 g/mol. The van der Waals surface area contributed by atoms with Gasteiger partial charge in [0.1, 0.15) is 0 Å². The largest absolute Gasteiger partial charge is 0.487 e. The fourth-order valence-corrected chi connectivity index (χ4v) is 4.72. The van der Waals surface area contributed by atoms with Crippen molar-refractivity contribution in [1.29, 1.82) is 0 Å². The molecule has 0 aliphatic heterocycles. The maximum Gasteiger partial charge on any atom is 0.175 e. The second-order valence-electron chi connectivity index (χ2n) is 5.69. The third-order valence-electron chi connectivity index (χ3n) is 3.88. The number of nitrogens with zero attached hydrogens (tertiary/aromatic N) is 2. The molecule has 0 fully saturated rings. The zero-order valence-electron chi connectivity index (χ0n) is 13.7. The molecule has 0 bridgehead atoms. The molecular formula is C18H22N2OS2. The van der Waals surface area contributed by atoms with E-state index in [0.29, 0.717) is 0 Å². The summed E-state index contributed by atoms with van der Waals surface area (Å²) in [7, 11) is 1.71. The molecule has 3 rings (SSSR count). The molecule has 3 aromatic rings. The summed E-state index contributed by atoms with van der Waals surface area (Å²) in [6.45, 7) is 2.25. The van der Waals surface area contributed by atoms with Gasteiger partial charge in [0.25, 0.3) is 0 Å². The van der Waals surface area contributed by atoms with Crippen molar-refractivity contribution in [3.8, 4) is 15.8 Å². The molecule has 0 spiro atoms. The molecule has 0 aliphatic rings. The number of hydrogen-bond acceptors (Lipinski definition) is 5. The highest BCUT2D eigenvalue weighted by atomic mass is 32.1. The van der Waals surface area contributed by atoms with E-state index in [1.54, 1.807) is 29.8 Å². The van der Waals surface area contributed by atoms with Gasteiger partial charge in [-0.3, -0.25) is 0 Å². The van der Waals surface area contributed by atoms with Crippen LogP contribution in [0.1, 0.15) is 44.6 Å². The smallest absolute Gasteiger partial charge is 0.175 e. The Morgan fingerprint density at radius 2 is 1.70 bits per heavy atom. The Morgan fingerprint density at radius 1 is 0.957 bits per heavy atom. The van der Waals surface area contributed by atoms with Crippen molar-refractivity contribution in [3.63, 3.8) is 0 Å². The first-order valence-electron chi connectivity index (χ1n) is 8.19. The van der Waals surface area contributed by atoms with Crippen LogP contribution < -0.4 is 4.74 Å². The summed E-state index contributed by atoms with van der Waals surface area (Å²) in [6.07, 6.45) is 11.6. The lowest BCUT2D eigenvalue weighted by atomic mass is 10.1. The molecule has 0 N–H and O–H groups in total. The van der Waals surface area contributed by atoms with Gasteiger partial charge in [0.2, 0.25) is 0 Å². The van der Waals surface area contributed by atoms with Crippen molar-refractivity contribution >= 4 is 32.1 Å². The number of aromatic nitrogens is 2. The predicted octanol–water partition coefficient (Wildman–Crippen LogP) is 5.94. The number of hydrogen-bond donors (Lipinski definition) is 0. The van der Waals surface area contributed by atoms with Gasteiger partial charge in [-0.25, -0.2) is 9.97 Å². The Bertz CT molecular complexity index is 715. The fraction of sp³-hybridized carbons (Fsp3) is 0.444. The van der Waals surface area contributed by atoms with E-state index >= 15 is 0 Å². The molecule has 0 saturated heterocycles. The van der Waals surface area contributed by atoms with Gasteiger partial charge in [0, 0.05) is 27.9 Å². The third-order valence-corrected chi connectivity index (χ3v) is 6.13. The van der Waals surface area contributed by atoms with Crippen LogP contribution in [0.4, 0.5) is 0 Å². The first-order valence-corrected chi connectivity index (χ1v) is 9.82. The van der Waals surface area contributed by atoms with Crippen molar-refractivity contribution in [3.05, 3.63) is 30.1 Å². The first kappa shape index (κ1) is 16.4. The van der Waals surface area contributed by atoms with Crippen LogP contribution in [0.5, 0.6) is 5.06 Å². The fourth-order valence-electron chi connectivity index (χ4n) is 2.57. The summed E-state index contributed by atoms with van der Waals surface area (Å²) in [5.41, 5.74) is 1.24. The highest BCUT2D eigenvalue weighted by Gasteiger charge is 2.10. The molecule has 0 aliphatic carbocycles. The lowest BCUT2D eigenvalue weighted by molar-refractivity contribution is 0.427. The van der Waals surface area contributed by atoms with Crippen LogP contribution in [-0.4, -0.2) is 17.1 Å². The van der Waals surface area contributed by atoms with Crippen LogP contribution in [-0.2, 0) is 6.42 Å². The molecule has 23 heavy (non-hydrogen) atoms. The molecule has 0 unspecified atom stereocenters. The van der Waals surface area contributed by atoms with Gasteiger partial charge in [-0.1, -0.05) is 43.9 Å². The van der Waals surface area contributed by atoms with Gasteiger partial charge in [-0.2, -0.15) is 0 Å². The Labute approximate surface area is 145 Å². The summed E-state index contributed by atoms with van der Waals surface area (Å²) < 4.78 is 7.76. The van der Waals surface area contributed by atoms with Gasteiger partial charge in [-0.15, -0.1) is 11.3 Å². The summed E-state index contributed by atoms with van der Waals surface area (Å²) in [4.78, 5) is 10.2. The maximum atomic E-state index is 5.27. The van der Waals surface area contributed by atoms with Gasteiger partial charge in [0.05, 0.1) is 12.0 Å². The van der Waals surface area contributed by atoms with Crippen molar-refractivity contribution in [2.75, 3.05) is 7.11 Å². The Balaban J connectivity index is 1.62. The van der Waals surface area contributed by atoms with Gasteiger partial charge < -0.3 is 4.74 Å². The average Bonchev–Trinajstić information content (AvgIpc) is 3.13. The van der Waals surface area contributed by atoms with E-state index in [1.807, 2.05) is 12.4 Å². The predicted molar refractivity (Wildman–Crippen MR) is 99.7 cm³/mol. The van der Waals surface area contributed by atoms with Crippen LogP contribution in [0.15, 0.2) is 24.5 Å². The molecule has 0 amide bonds. The van der Waals surface area contributed by atoms with E-state index in [-0.39, 0.29) is 0 Å². The van der Waals surface area contributed by atoms with Gasteiger partial charge >= 0.3 is 0 Å². The topological polar surface area (TPSA) is 35.0 Å². The van der Waals surface area contributed by atoms with Crippen molar-refractivity contribution in [2.45, 2.75) is 45.4 Å². The van der Waals surface area contributed by atoms with E-state index in [1.165, 1.54) is 47.1 Å². The number of unbranched alkanes of at least 4 members (excludes halogenated alkanes) is 4. The number of ether oxygens (including phenoxy) is 1. The van der Waals surface area contributed by atoms with Crippen LogP contribution in [0.25, 0.3) is 20.1 Å². The standard InChI is InChI=1S/C18H22N2OS2/c1-3-4-5-6-7-8-13-11-19-18(20-12-13)16-9-14-15(22-16)10-17(21-2)23-14/h9-12H,3-8H2,1-2H3. The minimum Gasteiger partial charge on any atom is -0.487 e. The number of rotatable bonds is 8. The zero-order chi connectivity index (χ0) is 16.1. The second-order valence-corrected chi connectivity index (χ2v) is 7.82. The van der Waals surface area contributed by atoms with Crippen molar-refractivity contribution in [1.82, 2.24) is 9.97 Å². The summed E-state index contributed by atoms with van der Waals surface area (Å²) >= 11 is 3.39. The molecule has 0 radical (unpaired) electrons. The Hall–Kier alpha value is -1.46.